The van der Waals surface area contributed by atoms with Crippen LogP contribution in [-0.2, 0) is 6.42 Å². The number of aryl methyl sites for hydroxylation is 2. The second-order valence-corrected chi connectivity index (χ2v) is 4.55. The van der Waals surface area contributed by atoms with Crippen LogP contribution in [0.3, 0.4) is 0 Å². The van der Waals surface area contributed by atoms with Crippen LogP contribution in [0, 0.1) is 6.92 Å². The smallest absolute Gasteiger partial charge is 0.129 e. The number of halogens is 1. The Balaban J connectivity index is 2.28. The summed E-state index contributed by atoms with van der Waals surface area (Å²) in [6.45, 7) is 5.02. The van der Waals surface area contributed by atoms with E-state index in [1.54, 1.807) is 0 Å². The Hall–Kier alpha value is -0.830. The summed E-state index contributed by atoms with van der Waals surface area (Å²) < 4.78 is 0. The van der Waals surface area contributed by atoms with Crippen LogP contribution in [0.5, 0.6) is 0 Å². The fraction of sp³-hybridized carbons (Fsp3) is 0.692. The molecule has 0 saturated heterocycles. The maximum atomic E-state index is 5.63. The zero-order chi connectivity index (χ0) is 12.5. The van der Waals surface area contributed by atoms with E-state index in [1.165, 1.54) is 19.3 Å². The fourth-order valence-electron chi connectivity index (χ4n) is 1.69. The molecule has 1 aromatic rings. The van der Waals surface area contributed by atoms with Crippen molar-refractivity contribution in [2.45, 2.75) is 46.0 Å². The van der Waals surface area contributed by atoms with E-state index in [9.17, 15) is 0 Å². The SMILES string of the molecule is CCc1cc(NCCCCCCCl)nc(C)n1. The fourth-order valence-corrected chi connectivity index (χ4v) is 1.88. The van der Waals surface area contributed by atoms with Crippen molar-refractivity contribution in [2.75, 3.05) is 17.7 Å². The van der Waals surface area contributed by atoms with Gasteiger partial charge in [0, 0.05) is 24.2 Å². The lowest BCUT2D eigenvalue weighted by Crippen LogP contribution is -2.06. The minimum absolute atomic E-state index is 0.776. The Bertz CT molecular complexity index is 328. The Kier molecular flexibility index (Phi) is 6.94. The van der Waals surface area contributed by atoms with E-state index in [0.717, 1.165) is 42.6 Å². The molecule has 0 radical (unpaired) electrons. The normalized spacial score (nSPS) is 10.5. The molecule has 3 nitrogen and oxygen atoms in total. The van der Waals surface area contributed by atoms with Crippen molar-refractivity contribution in [3.63, 3.8) is 0 Å². The van der Waals surface area contributed by atoms with Gasteiger partial charge in [-0.25, -0.2) is 9.97 Å². The largest absolute Gasteiger partial charge is 0.370 e. The number of rotatable bonds is 8. The van der Waals surface area contributed by atoms with Gasteiger partial charge in [0.05, 0.1) is 0 Å². The standard InChI is InChI=1S/C13H22ClN3/c1-3-12-10-13(17-11(2)16-12)15-9-7-5-4-6-8-14/h10H,3-9H2,1-2H3,(H,15,16,17). The van der Waals surface area contributed by atoms with E-state index in [-0.39, 0.29) is 0 Å². The van der Waals surface area contributed by atoms with E-state index in [0.29, 0.717) is 0 Å². The van der Waals surface area contributed by atoms with Crippen molar-refractivity contribution in [3.05, 3.63) is 17.6 Å². The Morgan fingerprint density at radius 3 is 2.65 bits per heavy atom. The second kappa shape index (κ2) is 8.29. The lowest BCUT2D eigenvalue weighted by atomic mass is 10.2. The molecule has 0 atom stereocenters. The van der Waals surface area contributed by atoms with Crippen molar-refractivity contribution in [3.8, 4) is 0 Å². The molecule has 1 rings (SSSR count). The summed E-state index contributed by atoms with van der Waals surface area (Å²) in [5.74, 6) is 2.57. The molecule has 0 aliphatic rings. The molecule has 1 N–H and O–H groups in total. The van der Waals surface area contributed by atoms with Gasteiger partial charge in [-0.2, -0.15) is 0 Å². The van der Waals surface area contributed by atoms with Crippen LogP contribution >= 0.6 is 11.6 Å². The van der Waals surface area contributed by atoms with Gasteiger partial charge in [0.1, 0.15) is 11.6 Å². The predicted octanol–water partition coefficient (Wildman–Crippen LogP) is 3.56. The number of nitrogens with zero attached hydrogens (tertiary/aromatic N) is 2. The number of anilines is 1. The zero-order valence-electron chi connectivity index (χ0n) is 10.8. The summed E-state index contributed by atoms with van der Waals surface area (Å²) in [5.41, 5.74) is 1.10. The molecular formula is C13H22ClN3. The molecule has 0 aliphatic heterocycles. The van der Waals surface area contributed by atoms with Gasteiger partial charge < -0.3 is 5.32 Å². The average molecular weight is 256 g/mol. The Labute approximate surface area is 109 Å². The van der Waals surface area contributed by atoms with Gasteiger partial charge in [0.2, 0.25) is 0 Å². The lowest BCUT2D eigenvalue weighted by molar-refractivity contribution is 0.686. The molecular weight excluding hydrogens is 234 g/mol. The number of unbranched alkanes of at least 4 members (excludes halogenated alkanes) is 3. The minimum atomic E-state index is 0.776. The summed E-state index contributed by atoms with van der Waals surface area (Å²) in [6.07, 6.45) is 5.68. The van der Waals surface area contributed by atoms with Crippen LogP contribution in [0.2, 0.25) is 0 Å². The lowest BCUT2D eigenvalue weighted by Gasteiger charge is -2.07. The van der Waals surface area contributed by atoms with Gasteiger partial charge in [-0.3, -0.25) is 0 Å². The van der Waals surface area contributed by atoms with Crippen LogP contribution in [-0.4, -0.2) is 22.4 Å². The summed E-state index contributed by atoms with van der Waals surface area (Å²) in [5, 5.41) is 3.35. The van der Waals surface area contributed by atoms with Crippen LogP contribution in [0.4, 0.5) is 5.82 Å². The highest BCUT2D eigenvalue weighted by molar-refractivity contribution is 6.17. The van der Waals surface area contributed by atoms with E-state index < -0.39 is 0 Å². The monoisotopic (exact) mass is 255 g/mol. The van der Waals surface area contributed by atoms with Gasteiger partial charge in [0.25, 0.3) is 0 Å². The van der Waals surface area contributed by atoms with Crippen molar-refractivity contribution in [2.24, 2.45) is 0 Å². The van der Waals surface area contributed by atoms with Crippen molar-refractivity contribution in [1.29, 1.82) is 0 Å². The predicted molar refractivity (Wildman–Crippen MR) is 73.8 cm³/mol. The maximum Gasteiger partial charge on any atom is 0.129 e. The van der Waals surface area contributed by atoms with E-state index in [2.05, 4.69) is 22.2 Å². The van der Waals surface area contributed by atoms with Crippen molar-refractivity contribution in [1.82, 2.24) is 9.97 Å². The van der Waals surface area contributed by atoms with Gasteiger partial charge >= 0.3 is 0 Å². The molecule has 0 bridgehead atoms. The molecule has 17 heavy (non-hydrogen) atoms. The summed E-state index contributed by atoms with van der Waals surface area (Å²) in [6, 6.07) is 2.03. The highest BCUT2D eigenvalue weighted by Crippen LogP contribution is 2.08. The van der Waals surface area contributed by atoms with E-state index >= 15 is 0 Å². The quantitative estimate of drug-likeness (QED) is 0.570. The van der Waals surface area contributed by atoms with Crippen LogP contribution in [0.25, 0.3) is 0 Å². The van der Waals surface area contributed by atoms with Crippen LogP contribution in [0.1, 0.15) is 44.1 Å². The summed E-state index contributed by atoms with van der Waals surface area (Å²) in [7, 11) is 0. The van der Waals surface area contributed by atoms with E-state index in [1.807, 2.05) is 13.0 Å². The molecule has 1 heterocycles. The highest BCUT2D eigenvalue weighted by Gasteiger charge is 1.99. The number of hydrogen-bond acceptors (Lipinski definition) is 3. The minimum Gasteiger partial charge on any atom is -0.370 e. The first-order valence-electron chi connectivity index (χ1n) is 6.40. The number of alkyl halides is 1. The van der Waals surface area contributed by atoms with Crippen LogP contribution < -0.4 is 5.32 Å². The molecule has 0 spiro atoms. The first-order valence-corrected chi connectivity index (χ1v) is 6.94. The number of nitrogens with one attached hydrogen (secondary N) is 1. The molecule has 0 aromatic carbocycles. The van der Waals surface area contributed by atoms with E-state index in [4.69, 9.17) is 11.6 Å². The summed E-state index contributed by atoms with van der Waals surface area (Å²) in [4.78, 5) is 8.73. The highest BCUT2D eigenvalue weighted by atomic mass is 35.5. The molecule has 0 saturated carbocycles. The van der Waals surface area contributed by atoms with Crippen molar-refractivity contribution >= 4 is 17.4 Å². The third kappa shape index (κ3) is 5.87. The second-order valence-electron chi connectivity index (χ2n) is 4.18. The van der Waals surface area contributed by atoms with Gasteiger partial charge in [-0.1, -0.05) is 19.8 Å². The van der Waals surface area contributed by atoms with Crippen molar-refractivity contribution < 1.29 is 0 Å². The van der Waals surface area contributed by atoms with Gasteiger partial charge in [0.15, 0.2) is 0 Å². The average Bonchev–Trinajstić information content (AvgIpc) is 2.33. The first-order chi connectivity index (χ1) is 8.26. The molecule has 0 unspecified atom stereocenters. The molecule has 4 heteroatoms. The van der Waals surface area contributed by atoms with Gasteiger partial charge in [-0.15, -0.1) is 11.6 Å². The topological polar surface area (TPSA) is 37.8 Å². The molecule has 1 aromatic heterocycles. The maximum absolute atomic E-state index is 5.63. The summed E-state index contributed by atoms with van der Waals surface area (Å²) >= 11 is 5.63. The van der Waals surface area contributed by atoms with Crippen LogP contribution in [0.15, 0.2) is 6.07 Å². The number of aromatic nitrogens is 2. The number of hydrogen-bond donors (Lipinski definition) is 1. The molecule has 96 valence electrons. The first kappa shape index (κ1) is 14.2. The third-order valence-electron chi connectivity index (χ3n) is 2.62. The molecule has 0 amide bonds. The Morgan fingerprint density at radius 1 is 1.18 bits per heavy atom. The van der Waals surface area contributed by atoms with Gasteiger partial charge in [-0.05, 0) is 26.2 Å². The zero-order valence-corrected chi connectivity index (χ0v) is 11.6. The molecule has 0 fully saturated rings. The third-order valence-corrected chi connectivity index (χ3v) is 2.89. The molecule has 0 aliphatic carbocycles. The Morgan fingerprint density at radius 2 is 1.94 bits per heavy atom.